The number of morpholine rings is 1. The second kappa shape index (κ2) is 4.57. The zero-order valence-electron chi connectivity index (χ0n) is 8.12. The first-order valence-electron chi connectivity index (χ1n) is 5.06. The average molecular weight is 197 g/mol. The maximum Gasteiger partial charge on any atom is 0.216 e. The zero-order chi connectivity index (χ0) is 9.80. The molecule has 14 heavy (non-hydrogen) atoms. The molecule has 4 nitrogen and oxygen atoms in total. The Kier molecular flexibility index (Phi) is 3.16. The number of ether oxygens (including phenoxy) is 2. The van der Waals surface area contributed by atoms with E-state index < -0.39 is 0 Å². The van der Waals surface area contributed by atoms with E-state index in [1.54, 1.807) is 0 Å². The van der Waals surface area contributed by atoms with Crippen LogP contribution in [0.2, 0.25) is 0 Å². The van der Waals surface area contributed by atoms with Crippen LogP contribution in [0.25, 0.3) is 0 Å². The van der Waals surface area contributed by atoms with Gasteiger partial charge in [-0.05, 0) is 18.9 Å². The molecule has 0 bridgehead atoms. The average Bonchev–Trinajstić information content (AvgIpc) is 2.30. The first kappa shape index (κ1) is 9.68. The van der Waals surface area contributed by atoms with E-state index in [-0.39, 0.29) is 11.8 Å². The molecular weight excluding hydrogens is 182 g/mol. The maximum absolute atomic E-state index is 11.8. The van der Waals surface area contributed by atoms with Crippen LogP contribution in [-0.2, 0) is 14.3 Å². The Hall–Kier alpha value is -0.870. The third-order valence-electron chi connectivity index (χ3n) is 2.42. The first-order chi connectivity index (χ1) is 6.88. The van der Waals surface area contributed by atoms with E-state index in [1.807, 2.05) is 6.08 Å². The second-order valence-corrected chi connectivity index (χ2v) is 3.50. The van der Waals surface area contributed by atoms with Crippen molar-refractivity contribution in [3.05, 3.63) is 11.8 Å². The van der Waals surface area contributed by atoms with E-state index in [1.165, 1.54) is 0 Å². The monoisotopic (exact) mass is 197 g/mol. The molecule has 2 aliphatic heterocycles. The number of allylic oxidation sites excluding steroid dienone is 1. The van der Waals surface area contributed by atoms with Crippen LogP contribution in [0.4, 0.5) is 0 Å². The van der Waals surface area contributed by atoms with Crippen molar-refractivity contribution >= 4 is 5.78 Å². The summed E-state index contributed by atoms with van der Waals surface area (Å²) in [6.07, 6.45) is 3.82. The number of hydrogen-bond acceptors (Lipinski definition) is 4. The van der Waals surface area contributed by atoms with Crippen molar-refractivity contribution in [1.82, 2.24) is 5.32 Å². The smallest absolute Gasteiger partial charge is 0.216 e. The van der Waals surface area contributed by atoms with Crippen molar-refractivity contribution in [2.75, 3.05) is 26.4 Å². The molecule has 2 rings (SSSR count). The second-order valence-electron chi connectivity index (χ2n) is 3.50. The zero-order valence-corrected chi connectivity index (χ0v) is 8.12. The summed E-state index contributed by atoms with van der Waals surface area (Å²) in [7, 11) is 0. The summed E-state index contributed by atoms with van der Waals surface area (Å²) < 4.78 is 10.5. The Morgan fingerprint density at radius 2 is 2.43 bits per heavy atom. The van der Waals surface area contributed by atoms with Gasteiger partial charge in [0.2, 0.25) is 5.78 Å². The molecule has 2 aliphatic rings. The number of rotatable bonds is 2. The van der Waals surface area contributed by atoms with Crippen LogP contribution in [0.1, 0.15) is 12.8 Å². The lowest BCUT2D eigenvalue weighted by Crippen LogP contribution is -2.47. The van der Waals surface area contributed by atoms with Crippen molar-refractivity contribution in [2.24, 2.45) is 0 Å². The van der Waals surface area contributed by atoms with Crippen molar-refractivity contribution < 1.29 is 14.3 Å². The van der Waals surface area contributed by atoms with Crippen LogP contribution in [-0.4, -0.2) is 38.2 Å². The summed E-state index contributed by atoms with van der Waals surface area (Å²) in [5.41, 5.74) is 0. The molecule has 1 fully saturated rings. The van der Waals surface area contributed by atoms with Gasteiger partial charge >= 0.3 is 0 Å². The van der Waals surface area contributed by atoms with Gasteiger partial charge in [-0.1, -0.05) is 0 Å². The van der Waals surface area contributed by atoms with E-state index in [0.717, 1.165) is 19.4 Å². The number of carbonyl (C=O) groups excluding carboxylic acids is 1. The third kappa shape index (κ3) is 2.13. The topological polar surface area (TPSA) is 47.6 Å². The molecule has 1 saturated heterocycles. The summed E-state index contributed by atoms with van der Waals surface area (Å²) in [5.74, 6) is 0.545. The van der Waals surface area contributed by atoms with Gasteiger partial charge in [0.05, 0.1) is 25.9 Å². The quantitative estimate of drug-likeness (QED) is 0.688. The van der Waals surface area contributed by atoms with Gasteiger partial charge in [-0.25, -0.2) is 0 Å². The molecule has 1 unspecified atom stereocenters. The highest BCUT2D eigenvalue weighted by atomic mass is 16.5. The van der Waals surface area contributed by atoms with E-state index in [0.29, 0.717) is 25.6 Å². The summed E-state index contributed by atoms with van der Waals surface area (Å²) >= 11 is 0. The number of Topliss-reactive ketones (excluding diaryl/α,β-unsaturated/α-hetero) is 1. The first-order valence-corrected chi connectivity index (χ1v) is 5.06. The summed E-state index contributed by atoms with van der Waals surface area (Å²) in [4.78, 5) is 11.8. The minimum atomic E-state index is -0.215. The van der Waals surface area contributed by atoms with Crippen LogP contribution < -0.4 is 5.32 Å². The van der Waals surface area contributed by atoms with Crippen LogP contribution in [0, 0.1) is 0 Å². The van der Waals surface area contributed by atoms with Crippen LogP contribution in [0.5, 0.6) is 0 Å². The summed E-state index contributed by atoms with van der Waals surface area (Å²) in [6, 6.07) is -0.215. The van der Waals surface area contributed by atoms with Gasteiger partial charge in [0.25, 0.3) is 0 Å². The molecule has 1 N–H and O–H groups in total. The lowest BCUT2D eigenvalue weighted by atomic mass is 10.1. The molecule has 2 heterocycles. The minimum Gasteiger partial charge on any atom is -0.490 e. The predicted molar refractivity (Wildman–Crippen MR) is 50.9 cm³/mol. The highest BCUT2D eigenvalue weighted by Crippen LogP contribution is 2.13. The van der Waals surface area contributed by atoms with Gasteiger partial charge in [-0.15, -0.1) is 0 Å². The van der Waals surface area contributed by atoms with Crippen molar-refractivity contribution in [2.45, 2.75) is 18.9 Å². The minimum absolute atomic E-state index is 0.0319. The molecule has 0 aromatic rings. The molecule has 0 radical (unpaired) electrons. The molecule has 0 aliphatic carbocycles. The molecule has 0 aromatic heterocycles. The molecule has 1 atom stereocenters. The summed E-state index contributed by atoms with van der Waals surface area (Å²) in [5, 5.41) is 3.12. The fourth-order valence-electron chi connectivity index (χ4n) is 1.63. The van der Waals surface area contributed by atoms with E-state index in [2.05, 4.69) is 5.32 Å². The number of carbonyl (C=O) groups is 1. The van der Waals surface area contributed by atoms with Crippen LogP contribution in [0.15, 0.2) is 11.8 Å². The van der Waals surface area contributed by atoms with Crippen molar-refractivity contribution in [1.29, 1.82) is 0 Å². The van der Waals surface area contributed by atoms with Gasteiger partial charge < -0.3 is 14.8 Å². The van der Waals surface area contributed by atoms with E-state index in [4.69, 9.17) is 9.47 Å². The third-order valence-corrected chi connectivity index (χ3v) is 2.42. The fourth-order valence-corrected chi connectivity index (χ4v) is 1.63. The highest BCUT2D eigenvalue weighted by Gasteiger charge is 2.25. The maximum atomic E-state index is 11.8. The lowest BCUT2D eigenvalue weighted by molar-refractivity contribution is -0.123. The van der Waals surface area contributed by atoms with Crippen molar-refractivity contribution in [3.8, 4) is 0 Å². The van der Waals surface area contributed by atoms with Crippen LogP contribution >= 0.6 is 0 Å². The Bertz CT molecular complexity index is 244. The van der Waals surface area contributed by atoms with Gasteiger partial charge in [-0.3, -0.25) is 4.79 Å². The van der Waals surface area contributed by atoms with Crippen molar-refractivity contribution in [3.63, 3.8) is 0 Å². The predicted octanol–water partition coefficient (Wildman–Crippen LogP) is 0.238. The van der Waals surface area contributed by atoms with Gasteiger partial charge in [0, 0.05) is 6.54 Å². The summed E-state index contributed by atoms with van der Waals surface area (Å²) in [6.45, 7) is 2.54. The highest BCUT2D eigenvalue weighted by molar-refractivity contribution is 5.98. The largest absolute Gasteiger partial charge is 0.490 e. The van der Waals surface area contributed by atoms with Crippen LogP contribution in [0.3, 0.4) is 0 Å². The Morgan fingerprint density at radius 3 is 3.07 bits per heavy atom. The molecule has 78 valence electrons. The molecule has 0 saturated carbocycles. The van der Waals surface area contributed by atoms with Gasteiger partial charge in [-0.2, -0.15) is 0 Å². The normalized spacial score (nSPS) is 27.7. The number of nitrogens with one attached hydrogen (secondary N) is 1. The van der Waals surface area contributed by atoms with E-state index in [9.17, 15) is 4.79 Å². The lowest BCUT2D eigenvalue weighted by Gasteiger charge is -2.24. The Balaban J connectivity index is 1.95. The Labute approximate surface area is 83.3 Å². The number of ketones is 1. The fraction of sp³-hybridized carbons (Fsp3) is 0.700. The molecule has 0 aromatic carbocycles. The molecular formula is C10H15NO3. The molecule has 0 spiro atoms. The van der Waals surface area contributed by atoms with E-state index >= 15 is 0 Å². The van der Waals surface area contributed by atoms with Gasteiger partial charge in [0.1, 0.15) is 0 Å². The Morgan fingerprint density at radius 1 is 1.50 bits per heavy atom. The number of hydrogen-bond donors (Lipinski definition) is 1. The molecule has 4 heteroatoms. The standard InChI is InChI=1S/C10H15NO3/c12-10(8-7-13-6-4-11-8)9-3-1-2-5-14-9/h3,8,11H,1-2,4-7H2. The SMILES string of the molecule is O=C(C1=CCCCO1)C1COCCN1. The molecule has 0 amide bonds. The van der Waals surface area contributed by atoms with Gasteiger partial charge in [0.15, 0.2) is 5.76 Å².